The number of rotatable bonds is 4. The van der Waals surface area contributed by atoms with E-state index in [0.29, 0.717) is 6.42 Å². The Kier molecular flexibility index (Phi) is 4.35. The smallest absolute Gasteiger partial charge is 0.250 e. The van der Waals surface area contributed by atoms with Gasteiger partial charge < -0.3 is 5.32 Å². The van der Waals surface area contributed by atoms with Crippen molar-refractivity contribution in [2.75, 3.05) is 5.32 Å². The Bertz CT molecular complexity index is 826. The van der Waals surface area contributed by atoms with Gasteiger partial charge in [0.15, 0.2) is 0 Å². The van der Waals surface area contributed by atoms with Crippen LogP contribution in [0.1, 0.15) is 18.9 Å². The molecule has 23 heavy (non-hydrogen) atoms. The molecule has 0 aliphatic heterocycles. The first-order valence-electron chi connectivity index (χ1n) is 7.69. The van der Waals surface area contributed by atoms with Crippen LogP contribution in [-0.4, -0.2) is 5.91 Å². The molecule has 116 valence electrons. The minimum absolute atomic E-state index is 0.204. The van der Waals surface area contributed by atoms with Gasteiger partial charge in [0.1, 0.15) is 4.87 Å². The number of carbonyl (C=O) groups is 1. The van der Waals surface area contributed by atoms with Gasteiger partial charge in [0.25, 0.3) is 0 Å². The Morgan fingerprint density at radius 3 is 2.35 bits per heavy atom. The van der Waals surface area contributed by atoms with Crippen LogP contribution >= 0.6 is 11.6 Å². The highest BCUT2D eigenvalue weighted by Gasteiger charge is 2.36. The monoisotopic (exact) mass is 323 g/mol. The molecule has 1 N–H and O–H groups in total. The molecule has 0 saturated carbocycles. The second-order valence-electron chi connectivity index (χ2n) is 5.50. The number of alkyl halides is 1. The lowest BCUT2D eigenvalue weighted by molar-refractivity contribution is -0.119. The Balaban J connectivity index is 1.96. The molecule has 1 amide bonds. The van der Waals surface area contributed by atoms with Crippen molar-refractivity contribution in [2.45, 2.75) is 18.2 Å². The number of amides is 1. The third-order valence-electron chi connectivity index (χ3n) is 4.12. The van der Waals surface area contributed by atoms with E-state index in [2.05, 4.69) is 5.32 Å². The number of hydrogen-bond donors (Lipinski definition) is 1. The Labute approximate surface area is 141 Å². The minimum Gasteiger partial charge on any atom is -0.324 e. The van der Waals surface area contributed by atoms with Crippen LogP contribution in [0.25, 0.3) is 10.8 Å². The minimum atomic E-state index is -1.07. The summed E-state index contributed by atoms with van der Waals surface area (Å²) in [6.07, 6.45) is 0.509. The summed E-state index contributed by atoms with van der Waals surface area (Å²) in [6, 6.07) is 23.3. The van der Waals surface area contributed by atoms with Crippen LogP contribution in [-0.2, 0) is 9.67 Å². The molecular formula is C20H18ClNO. The van der Waals surface area contributed by atoms with Crippen LogP contribution in [0.4, 0.5) is 5.69 Å². The van der Waals surface area contributed by atoms with E-state index in [-0.39, 0.29) is 5.91 Å². The molecular weight excluding hydrogens is 306 g/mol. The lowest BCUT2D eigenvalue weighted by atomic mass is 9.94. The molecule has 0 heterocycles. The van der Waals surface area contributed by atoms with Crippen molar-refractivity contribution < 1.29 is 4.79 Å². The van der Waals surface area contributed by atoms with Crippen molar-refractivity contribution in [2.24, 2.45) is 0 Å². The number of nitrogens with one attached hydrogen (secondary N) is 1. The van der Waals surface area contributed by atoms with Gasteiger partial charge in [-0.15, -0.1) is 11.6 Å². The third-order valence-corrected chi connectivity index (χ3v) is 4.77. The summed E-state index contributed by atoms with van der Waals surface area (Å²) in [5, 5.41) is 5.09. The van der Waals surface area contributed by atoms with Crippen molar-refractivity contribution in [3.05, 3.63) is 78.4 Å². The molecule has 0 aromatic heterocycles. The van der Waals surface area contributed by atoms with E-state index in [0.717, 1.165) is 22.0 Å². The molecule has 3 rings (SSSR count). The standard InChI is InChI=1S/C20H18ClNO/c1-2-20(21,16-11-4-3-5-12-16)19(23)22-18-14-8-10-15-9-6-7-13-17(15)18/h3-14H,2H2,1H3,(H,22,23). The van der Waals surface area contributed by atoms with Crippen molar-refractivity contribution in [3.63, 3.8) is 0 Å². The second kappa shape index (κ2) is 6.43. The summed E-state index contributed by atoms with van der Waals surface area (Å²) in [7, 11) is 0. The first-order valence-corrected chi connectivity index (χ1v) is 8.06. The largest absolute Gasteiger partial charge is 0.324 e. The first-order chi connectivity index (χ1) is 11.1. The van der Waals surface area contributed by atoms with Gasteiger partial charge in [0, 0.05) is 11.1 Å². The number of carbonyl (C=O) groups excluding carboxylic acids is 1. The number of halogens is 1. The van der Waals surface area contributed by atoms with Crippen molar-refractivity contribution >= 4 is 34.0 Å². The summed E-state index contributed by atoms with van der Waals surface area (Å²) in [5.41, 5.74) is 1.59. The lowest BCUT2D eigenvalue weighted by Crippen LogP contribution is -2.34. The average Bonchev–Trinajstić information content (AvgIpc) is 2.62. The van der Waals surface area contributed by atoms with Gasteiger partial charge in [-0.2, -0.15) is 0 Å². The van der Waals surface area contributed by atoms with Crippen LogP contribution in [0.2, 0.25) is 0 Å². The molecule has 2 nitrogen and oxygen atoms in total. The second-order valence-corrected chi connectivity index (χ2v) is 6.15. The molecule has 0 spiro atoms. The molecule has 3 aromatic carbocycles. The third kappa shape index (κ3) is 2.95. The Morgan fingerprint density at radius 2 is 1.61 bits per heavy atom. The van der Waals surface area contributed by atoms with E-state index in [9.17, 15) is 4.79 Å². The van der Waals surface area contributed by atoms with Crippen LogP contribution < -0.4 is 5.32 Å². The zero-order valence-corrected chi connectivity index (χ0v) is 13.7. The van der Waals surface area contributed by atoms with E-state index >= 15 is 0 Å². The highest BCUT2D eigenvalue weighted by molar-refractivity contribution is 6.36. The maximum Gasteiger partial charge on any atom is 0.250 e. The molecule has 0 aliphatic rings. The molecule has 1 unspecified atom stereocenters. The lowest BCUT2D eigenvalue weighted by Gasteiger charge is -2.25. The molecule has 0 fully saturated rings. The molecule has 0 saturated heterocycles. The molecule has 0 bridgehead atoms. The van der Waals surface area contributed by atoms with Crippen LogP contribution in [0.5, 0.6) is 0 Å². The van der Waals surface area contributed by atoms with E-state index in [1.54, 1.807) is 0 Å². The van der Waals surface area contributed by atoms with Crippen LogP contribution in [0, 0.1) is 0 Å². The topological polar surface area (TPSA) is 29.1 Å². The molecule has 3 aromatic rings. The van der Waals surface area contributed by atoms with E-state index in [4.69, 9.17) is 11.6 Å². The summed E-state index contributed by atoms with van der Waals surface area (Å²) in [4.78, 5) is 11.8. The van der Waals surface area contributed by atoms with Crippen LogP contribution in [0.3, 0.4) is 0 Å². The van der Waals surface area contributed by atoms with Crippen LogP contribution in [0.15, 0.2) is 72.8 Å². The maximum absolute atomic E-state index is 12.9. The molecule has 0 aliphatic carbocycles. The van der Waals surface area contributed by atoms with Gasteiger partial charge in [-0.05, 0) is 23.4 Å². The Morgan fingerprint density at radius 1 is 0.957 bits per heavy atom. The molecule has 1 atom stereocenters. The van der Waals surface area contributed by atoms with Crippen molar-refractivity contribution in [3.8, 4) is 0 Å². The number of hydrogen-bond acceptors (Lipinski definition) is 1. The van der Waals surface area contributed by atoms with Gasteiger partial charge in [0.05, 0.1) is 0 Å². The fraction of sp³-hybridized carbons (Fsp3) is 0.150. The van der Waals surface area contributed by atoms with Crippen molar-refractivity contribution in [1.29, 1.82) is 0 Å². The summed E-state index contributed by atoms with van der Waals surface area (Å²) >= 11 is 6.69. The van der Waals surface area contributed by atoms with Gasteiger partial charge >= 0.3 is 0 Å². The Hall–Kier alpha value is -2.32. The number of benzene rings is 3. The van der Waals surface area contributed by atoms with Gasteiger partial charge in [-0.25, -0.2) is 0 Å². The van der Waals surface area contributed by atoms with E-state index in [1.165, 1.54) is 0 Å². The zero-order chi connectivity index (χ0) is 16.3. The van der Waals surface area contributed by atoms with Gasteiger partial charge in [0.2, 0.25) is 5.91 Å². The first kappa shape index (κ1) is 15.6. The fourth-order valence-electron chi connectivity index (χ4n) is 2.75. The van der Waals surface area contributed by atoms with Gasteiger partial charge in [-0.1, -0.05) is 73.7 Å². The maximum atomic E-state index is 12.9. The predicted octanol–water partition coefficient (Wildman–Crippen LogP) is 5.32. The predicted molar refractivity (Wildman–Crippen MR) is 96.8 cm³/mol. The quantitative estimate of drug-likeness (QED) is 0.647. The number of anilines is 1. The molecule has 3 heteroatoms. The summed E-state index contributed by atoms with van der Waals surface area (Å²) in [5.74, 6) is -0.204. The molecule has 0 radical (unpaired) electrons. The average molecular weight is 324 g/mol. The highest BCUT2D eigenvalue weighted by atomic mass is 35.5. The summed E-state index contributed by atoms with van der Waals surface area (Å²) < 4.78 is 0. The SMILES string of the molecule is CCC(Cl)(C(=O)Nc1cccc2ccccc12)c1ccccc1. The fourth-order valence-corrected chi connectivity index (χ4v) is 2.93. The highest BCUT2D eigenvalue weighted by Crippen LogP contribution is 2.35. The van der Waals surface area contributed by atoms with Gasteiger partial charge in [-0.3, -0.25) is 4.79 Å². The van der Waals surface area contributed by atoms with E-state index in [1.807, 2.05) is 79.7 Å². The summed E-state index contributed by atoms with van der Waals surface area (Å²) in [6.45, 7) is 1.92. The van der Waals surface area contributed by atoms with Crippen molar-refractivity contribution in [1.82, 2.24) is 0 Å². The normalized spacial score (nSPS) is 13.5. The zero-order valence-electron chi connectivity index (χ0n) is 12.9. The number of fused-ring (bicyclic) bond motifs is 1. The van der Waals surface area contributed by atoms with E-state index < -0.39 is 4.87 Å².